The summed E-state index contributed by atoms with van der Waals surface area (Å²) in [5.41, 5.74) is 0.894. The molecule has 1 aliphatic heterocycles. The first-order chi connectivity index (χ1) is 13.1. The second-order valence-electron chi connectivity index (χ2n) is 6.54. The van der Waals surface area contributed by atoms with Crippen LogP contribution in [0.15, 0.2) is 24.3 Å². The number of halogens is 1. The molecular formula is C17H22FN3O6S. The van der Waals surface area contributed by atoms with Gasteiger partial charge >= 0.3 is 6.03 Å². The van der Waals surface area contributed by atoms with Crippen LogP contribution in [-0.4, -0.2) is 54.9 Å². The summed E-state index contributed by atoms with van der Waals surface area (Å²) in [4.78, 5) is 36.0. The minimum atomic E-state index is -3.77. The number of amides is 4. The molecule has 1 unspecified atom stereocenters. The molecule has 1 aliphatic rings. The van der Waals surface area contributed by atoms with Crippen molar-refractivity contribution in [2.75, 3.05) is 18.1 Å². The number of nitrogens with zero attached hydrogens (tertiary/aromatic N) is 1. The molecule has 0 aromatic heterocycles. The van der Waals surface area contributed by atoms with Gasteiger partial charge in [0.15, 0.2) is 9.84 Å². The van der Waals surface area contributed by atoms with Crippen LogP contribution in [0.3, 0.4) is 0 Å². The first-order valence-electron chi connectivity index (χ1n) is 8.61. The molecule has 1 saturated heterocycles. The number of imide groups is 1. The number of hydrogen-bond donors (Lipinski definition) is 2. The van der Waals surface area contributed by atoms with Crippen molar-refractivity contribution >= 4 is 27.7 Å². The zero-order valence-corrected chi connectivity index (χ0v) is 16.3. The van der Waals surface area contributed by atoms with Gasteiger partial charge in [0.1, 0.15) is 22.9 Å². The maximum Gasteiger partial charge on any atom is 0.344 e. The third-order valence-electron chi connectivity index (χ3n) is 4.24. The normalized spacial score (nSPS) is 19.5. The summed E-state index contributed by atoms with van der Waals surface area (Å²) in [5.74, 6) is -2.85. The van der Waals surface area contributed by atoms with Crippen LogP contribution in [0.25, 0.3) is 0 Å². The van der Waals surface area contributed by atoms with Crippen LogP contribution in [0.2, 0.25) is 0 Å². The number of rotatable bonds is 9. The van der Waals surface area contributed by atoms with E-state index in [2.05, 4.69) is 5.32 Å². The quantitative estimate of drug-likeness (QED) is 0.454. The van der Waals surface area contributed by atoms with E-state index in [1.165, 1.54) is 31.2 Å². The van der Waals surface area contributed by atoms with E-state index in [4.69, 9.17) is 4.74 Å². The highest BCUT2D eigenvalue weighted by Gasteiger charge is 2.47. The maximum atomic E-state index is 12.8. The Morgan fingerprint density at radius 3 is 2.50 bits per heavy atom. The second kappa shape index (κ2) is 8.55. The molecule has 2 rings (SSSR count). The van der Waals surface area contributed by atoms with Crippen molar-refractivity contribution in [3.05, 3.63) is 30.1 Å². The van der Waals surface area contributed by atoms with Gasteiger partial charge in [-0.1, -0.05) is 6.92 Å². The molecule has 11 heteroatoms. The molecule has 1 aromatic carbocycles. The van der Waals surface area contributed by atoms with E-state index < -0.39 is 44.8 Å². The van der Waals surface area contributed by atoms with Gasteiger partial charge < -0.3 is 10.1 Å². The Kier molecular flexibility index (Phi) is 6.60. The predicted octanol–water partition coefficient (Wildman–Crippen LogP) is 0.761. The Balaban J connectivity index is 1.80. The minimum Gasteiger partial charge on any atom is -0.494 e. The largest absolute Gasteiger partial charge is 0.494 e. The van der Waals surface area contributed by atoms with Crippen molar-refractivity contribution in [1.82, 2.24) is 15.8 Å². The Bertz CT molecular complexity index is 858. The van der Waals surface area contributed by atoms with Crippen molar-refractivity contribution in [3.8, 4) is 5.75 Å². The molecule has 2 N–H and O–H groups in total. The lowest BCUT2D eigenvalue weighted by atomic mass is 10.00. The number of sulfone groups is 1. The van der Waals surface area contributed by atoms with Gasteiger partial charge in [0, 0.05) is 0 Å². The summed E-state index contributed by atoms with van der Waals surface area (Å²) in [6.45, 7) is 3.27. The monoisotopic (exact) mass is 415 g/mol. The average molecular weight is 415 g/mol. The van der Waals surface area contributed by atoms with Gasteiger partial charge in [-0.05, 0) is 44.0 Å². The van der Waals surface area contributed by atoms with E-state index >= 15 is 0 Å². The minimum absolute atomic E-state index is 0.0638. The van der Waals surface area contributed by atoms with E-state index in [1.807, 2.05) is 5.43 Å². The fourth-order valence-corrected chi connectivity index (χ4v) is 3.62. The average Bonchev–Trinajstić information content (AvgIpc) is 2.83. The van der Waals surface area contributed by atoms with Crippen LogP contribution >= 0.6 is 0 Å². The van der Waals surface area contributed by atoms with E-state index in [0.717, 1.165) is 0 Å². The van der Waals surface area contributed by atoms with Crippen LogP contribution in [-0.2, 0) is 19.4 Å². The lowest BCUT2D eigenvalue weighted by Crippen LogP contribution is -2.50. The van der Waals surface area contributed by atoms with Crippen molar-refractivity contribution < 1.29 is 31.9 Å². The molecule has 0 bridgehead atoms. The van der Waals surface area contributed by atoms with Crippen LogP contribution in [0.5, 0.6) is 5.75 Å². The fourth-order valence-electron chi connectivity index (χ4n) is 2.45. The Morgan fingerprint density at radius 2 is 1.93 bits per heavy atom. The molecule has 1 fully saturated rings. The van der Waals surface area contributed by atoms with Crippen molar-refractivity contribution in [1.29, 1.82) is 0 Å². The molecule has 154 valence electrons. The Morgan fingerprint density at radius 1 is 1.29 bits per heavy atom. The van der Waals surface area contributed by atoms with Gasteiger partial charge in [0.25, 0.3) is 11.8 Å². The van der Waals surface area contributed by atoms with Gasteiger partial charge in [-0.25, -0.2) is 17.6 Å². The molecule has 0 aliphatic carbocycles. The maximum absolute atomic E-state index is 12.8. The standard InChI is InChI=1S/C17H22FN3O6S/c1-3-17(2)15(23)21(16(24)19-17)20-14(22)11-28(25,26)10-4-9-27-13-7-5-12(18)6-8-13/h5-8H,3-4,9-11H2,1-2H3,(H,19,24)(H,20,22). The number of hydrogen-bond acceptors (Lipinski definition) is 6. The van der Waals surface area contributed by atoms with E-state index in [9.17, 15) is 27.2 Å². The topological polar surface area (TPSA) is 122 Å². The van der Waals surface area contributed by atoms with E-state index in [-0.39, 0.29) is 18.8 Å². The van der Waals surface area contributed by atoms with Gasteiger partial charge in [-0.2, -0.15) is 5.01 Å². The van der Waals surface area contributed by atoms with Gasteiger partial charge in [-0.15, -0.1) is 0 Å². The molecule has 0 spiro atoms. The third kappa shape index (κ3) is 5.41. The molecule has 1 heterocycles. The zero-order valence-electron chi connectivity index (χ0n) is 15.5. The van der Waals surface area contributed by atoms with Gasteiger partial charge in [-0.3, -0.25) is 15.0 Å². The second-order valence-corrected chi connectivity index (χ2v) is 8.72. The predicted molar refractivity (Wildman–Crippen MR) is 97.4 cm³/mol. The summed E-state index contributed by atoms with van der Waals surface area (Å²) in [5, 5.41) is 2.94. The SMILES string of the molecule is CCC1(C)NC(=O)N(NC(=O)CS(=O)(=O)CCCOc2ccc(F)cc2)C1=O. The smallest absolute Gasteiger partial charge is 0.344 e. The number of urea groups is 1. The number of carbonyl (C=O) groups is 3. The summed E-state index contributed by atoms with van der Waals surface area (Å²) < 4.78 is 42.2. The zero-order chi connectivity index (χ0) is 20.9. The number of nitrogens with one attached hydrogen (secondary N) is 2. The number of hydrazine groups is 1. The lowest BCUT2D eigenvalue weighted by molar-refractivity contribution is -0.138. The van der Waals surface area contributed by atoms with Crippen LogP contribution in [0.1, 0.15) is 26.7 Å². The molecule has 0 saturated carbocycles. The number of ether oxygens (including phenoxy) is 1. The molecule has 9 nitrogen and oxygen atoms in total. The molecule has 0 radical (unpaired) electrons. The van der Waals surface area contributed by atoms with Gasteiger partial charge in [0.2, 0.25) is 0 Å². The number of carbonyl (C=O) groups excluding carboxylic acids is 3. The van der Waals surface area contributed by atoms with E-state index in [0.29, 0.717) is 17.2 Å². The summed E-state index contributed by atoms with van der Waals surface area (Å²) in [7, 11) is -3.77. The Hall–Kier alpha value is -2.69. The molecule has 1 atom stereocenters. The summed E-state index contributed by atoms with van der Waals surface area (Å²) in [6, 6.07) is 4.46. The third-order valence-corrected chi connectivity index (χ3v) is 5.85. The number of benzene rings is 1. The summed E-state index contributed by atoms with van der Waals surface area (Å²) >= 11 is 0. The van der Waals surface area contributed by atoms with Gasteiger partial charge in [0.05, 0.1) is 12.4 Å². The van der Waals surface area contributed by atoms with Crippen molar-refractivity contribution in [2.45, 2.75) is 32.2 Å². The molecule has 28 heavy (non-hydrogen) atoms. The molecular weight excluding hydrogens is 393 g/mol. The van der Waals surface area contributed by atoms with Crippen molar-refractivity contribution in [3.63, 3.8) is 0 Å². The van der Waals surface area contributed by atoms with Crippen LogP contribution < -0.4 is 15.5 Å². The first-order valence-corrected chi connectivity index (χ1v) is 10.4. The highest BCUT2D eigenvalue weighted by Crippen LogP contribution is 2.19. The highest BCUT2D eigenvalue weighted by atomic mass is 32.2. The highest BCUT2D eigenvalue weighted by molar-refractivity contribution is 7.92. The Labute approximate surface area is 162 Å². The molecule has 1 aromatic rings. The van der Waals surface area contributed by atoms with E-state index in [1.54, 1.807) is 6.92 Å². The lowest BCUT2D eigenvalue weighted by Gasteiger charge is -2.19. The van der Waals surface area contributed by atoms with Crippen LogP contribution in [0, 0.1) is 5.82 Å². The summed E-state index contributed by atoms with van der Waals surface area (Å²) in [6.07, 6.45) is 0.431. The van der Waals surface area contributed by atoms with Crippen molar-refractivity contribution in [2.24, 2.45) is 0 Å². The fraction of sp³-hybridized carbons (Fsp3) is 0.471. The first kappa shape index (κ1) is 21.6. The van der Waals surface area contributed by atoms with Crippen LogP contribution in [0.4, 0.5) is 9.18 Å². The molecule has 4 amide bonds.